The summed E-state index contributed by atoms with van der Waals surface area (Å²) in [6, 6.07) is 7.95. The van der Waals surface area contributed by atoms with Gasteiger partial charge in [-0.2, -0.15) is 0 Å². The Kier molecular flexibility index (Phi) is 7.52. The Balaban J connectivity index is 2.42. The molecule has 0 saturated heterocycles. The van der Waals surface area contributed by atoms with Crippen LogP contribution in [-0.2, 0) is 13.1 Å². The van der Waals surface area contributed by atoms with Crippen LogP contribution < -0.4 is 10.6 Å². The van der Waals surface area contributed by atoms with Crippen LogP contribution in [0.1, 0.15) is 38.8 Å². The Morgan fingerprint density at radius 2 is 1.91 bits per heavy atom. The molecule has 1 aromatic rings. The third kappa shape index (κ3) is 7.48. The molecule has 2 amide bonds. The topological polar surface area (TPSA) is 64.6 Å². The van der Waals surface area contributed by atoms with E-state index in [0.717, 1.165) is 18.7 Å². The lowest BCUT2D eigenvalue weighted by Gasteiger charge is -2.25. The number of rotatable bonds is 7. The second kappa shape index (κ2) is 8.89. The largest absolute Gasteiger partial charge is 0.391 e. The first-order chi connectivity index (χ1) is 10.7. The van der Waals surface area contributed by atoms with E-state index < -0.39 is 6.10 Å². The molecule has 1 unspecified atom stereocenters. The van der Waals surface area contributed by atoms with E-state index in [1.807, 2.05) is 32.9 Å². The number of benzene rings is 1. The van der Waals surface area contributed by atoms with E-state index in [4.69, 9.17) is 0 Å². The summed E-state index contributed by atoms with van der Waals surface area (Å²) in [5.41, 5.74) is 2.06. The molecule has 0 fully saturated rings. The van der Waals surface area contributed by atoms with Gasteiger partial charge in [0.25, 0.3) is 0 Å². The maximum Gasteiger partial charge on any atom is 0.315 e. The number of hydrogen-bond acceptors (Lipinski definition) is 3. The Labute approximate surface area is 140 Å². The number of nitrogens with one attached hydrogen (secondary N) is 2. The van der Waals surface area contributed by atoms with Crippen LogP contribution in [-0.4, -0.2) is 42.3 Å². The van der Waals surface area contributed by atoms with Crippen LogP contribution in [0.25, 0.3) is 0 Å². The molecule has 5 nitrogen and oxygen atoms in total. The molecule has 0 radical (unpaired) electrons. The van der Waals surface area contributed by atoms with Crippen molar-refractivity contribution < 1.29 is 9.90 Å². The highest BCUT2D eigenvalue weighted by molar-refractivity contribution is 5.73. The standard InChI is InChI=1S/C18H31N3O2/c1-6-21(5)13-15-9-7-8-14(10-15)11-19-17(23)20-12-16(22)18(2,3)4/h7-10,16,22H,6,11-13H2,1-5H3,(H2,19,20,23). The van der Waals surface area contributed by atoms with E-state index in [1.165, 1.54) is 5.56 Å². The molecule has 1 rings (SSSR count). The van der Waals surface area contributed by atoms with Gasteiger partial charge in [-0.1, -0.05) is 52.0 Å². The fourth-order valence-corrected chi connectivity index (χ4v) is 2.00. The second-order valence-corrected chi connectivity index (χ2v) is 7.10. The van der Waals surface area contributed by atoms with E-state index >= 15 is 0 Å². The molecule has 0 aliphatic heterocycles. The van der Waals surface area contributed by atoms with Crippen molar-refractivity contribution in [1.29, 1.82) is 0 Å². The van der Waals surface area contributed by atoms with Crippen molar-refractivity contribution in [3.05, 3.63) is 35.4 Å². The molecular formula is C18H31N3O2. The molecule has 1 atom stereocenters. The first-order valence-corrected chi connectivity index (χ1v) is 8.18. The van der Waals surface area contributed by atoms with Crippen LogP contribution in [0.5, 0.6) is 0 Å². The van der Waals surface area contributed by atoms with Crippen molar-refractivity contribution in [2.45, 2.75) is 46.9 Å². The summed E-state index contributed by atoms with van der Waals surface area (Å²) >= 11 is 0. The smallest absolute Gasteiger partial charge is 0.315 e. The summed E-state index contributed by atoms with van der Waals surface area (Å²) in [5.74, 6) is 0. The van der Waals surface area contributed by atoms with Gasteiger partial charge in [-0.25, -0.2) is 4.79 Å². The van der Waals surface area contributed by atoms with Crippen LogP contribution in [0.2, 0.25) is 0 Å². The maximum absolute atomic E-state index is 11.8. The highest BCUT2D eigenvalue weighted by atomic mass is 16.3. The first-order valence-electron chi connectivity index (χ1n) is 8.18. The minimum atomic E-state index is -0.568. The van der Waals surface area contributed by atoms with Crippen LogP contribution in [0.3, 0.4) is 0 Å². The van der Waals surface area contributed by atoms with Gasteiger partial charge in [0.1, 0.15) is 0 Å². The Morgan fingerprint density at radius 3 is 2.52 bits per heavy atom. The van der Waals surface area contributed by atoms with Gasteiger partial charge >= 0.3 is 6.03 Å². The van der Waals surface area contributed by atoms with E-state index in [2.05, 4.69) is 41.6 Å². The third-order valence-corrected chi connectivity index (χ3v) is 3.89. The summed E-state index contributed by atoms with van der Waals surface area (Å²) in [5, 5.41) is 15.4. The minimum absolute atomic E-state index is 0.243. The number of urea groups is 1. The quantitative estimate of drug-likeness (QED) is 0.722. The van der Waals surface area contributed by atoms with E-state index in [9.17, 15) is 9.90 Å². The molecule has 0 spiro atoms. The Morgan fingerprint density at radius 1 is 1.26 bits per heavy atom. The van der Waals surface area contributed by atoms with Gasteiger partial charge in [0.05, 0.1) is 6.10 Å². The molecule has 0 heterocycles. The van der Waals surface area contributed by atoms with Gasteiger partial charge in [-0.3, -0.25) is 0 Å². The van der Waals surface area contributed by atoms with E-state index in [1.54, 1.807) is 0 Å². The molecule has 1 aromatic carbocycles. The van der Waals surface area contributed by atoms with Gasteiger partial charge in [-0.15, -0.1) is 0 Å². The molecule has 130 valence electrons. The van der Waals surface area contributed by atoms with Gasteiger partial charge in [0.2, 0.25) is 0 Å². The highest BCUT2D eigenvalue weighted by Crippen LogP contribution is 2.18. The molecule has 0 bridgehead atoms. The lowest BCUT2D eigenvalue weighted by Crippen LogP contribution is -2.43. The molecule has 5 heteroatoms. The second-order valence-electron chi connectivity index (χ2n) is 7.10. The average molecular weight is 321 g/mol. The molecule has 3 N–H and O–H groups in total. The molecule has 0 aliphatic carbocycles. The van der Waals surface area contributed by atoms with Gasteiger partial charge < -0.3 is 20.6 Å². The lowest BCUT2D eigenvalue weighted by atomic mass is 9.89. The predicted molar refractivity (Wildman–Crippen MR) is 94.2 cm³/mol. The average Bonchev–Trinajstić information content (AvgIpc) is 2.49. The summed E-state index contributed by atoms with van der Waals surface area (Å²) in [7, 11) is 2.08. The maximum atomic E-state index is 11.8. The molecule has 0 aliphatic rings. The zero-order valence-electron chi connectivity index (χ0n) is 15.0. The number of aliphatic hydroxyl groups is 1. The normalized spacial score (nSPS) is 13.0. The fraction of sp³-hybridized carbons (Fsp3) is 0.611. The van der Waals surface area contributed by atoms with Crippen molar-refractivity contribution in [2.24, 2.45) is 5.41 Å². The van der Waals surface area contributed by atoms with Crippen LogP contribution >= 0.6 is 0 Å². The summed E-state index contributed by atoms with van der Waals surface area (Å²) in [6.45, 7) is 10.6. The summed E-state index contributed by atoms with van der Waals surface area (Å²) in [6.07, 6.45) is -0.568. The third-order valence-electron chi connectivity index (χ3n) is 3.89. The van der Waals surface area contributed by atoms with Gasteiger partial charge in [-0.05, 0) is 30.1 Å². The summed E-state index contributed by atoms with van der Waals surface area (Å²) in [4.78, 5) is 14.0. The fourth-order valence-electron chi connectivity index (χ4n) is 2.00. The van der Waals surface area contributed by atoms with E-state index in [0.29, 0.717) is 6.54 Å². The number of hydrogen-bond donors (Lipinski definition) is 3. The van der Waals surface area contributed by atoms with Crippen LogP contribution in [0.15, 0.2) is 24.3 Å². The van der Waals surface area contributed by atoms with Crippen molar-refractivity contribution in [1.82, 2.24) is 15.5 Å². The van der Waals surface area contributed by atoms with Crippen molar-refractivity contribution >= 4 is 6.03 Å². The SMILES string of the molecule is CCN(C)Cc1cccc(CNC(=O)NCC(O)C(C)(C)C)c1. The van der Waals surface area contributed by atoms with Gasteiger partial charge in [0.15, 0.2) is 0 Å². The van der Waals surface area contributed by atoms with E-state index in [-0.39, 0.29) is 18.0 Å². The monoisotopic (exact) mass is 321 g/mol. The number of aliphatic hydroxyl groups excluding tert-OH is 1. The lowest BCUT2D eigenvalue weighted by molar-refractivity contribution is 0.0650. The molecule has 0 saturated carbocycles. The van der Waals surface area contributed by atoms with Crippen molar-refractivity contribution in [3.63, 3.8) is 0 Å². The van der Waals surface area contributed by atoms with Gasteiger partial charge in [0, 0.05) is 19.6 Å². The van der Waals surface area contributed by atoms with Crippen LogP contribution in [0.4, 0.5) is 4.79 Å². The number of nitrogens with zero attached hydrogens (tertiary/aromatic N) is 1. The van der Waals surface area contributed by atoms with Crippen molar-refractivity contribution in [3.8, 4) is 0 Å². The molecule has 0 aromatic heterocycles. The number of amides is 2. The zero-order chi connectivity index (χ0) is 17.5. The first kappa shape index (κ1) is 19.5. The highest BCUT2D eigenvalue weighted by Gasteiger charge is 2.22. The Hall–Kier alpha value is -1.59. The van der Waals surface area contributed by atoms with Crippen molar-refractivity contribution in [2.75, 3.05) is 20.1 Å². The minimum Gasteiger partial charge on any atom is -0.391 e. The van der Waals surface area contributed by atoms with Crippen LogP contribution in [0, 0.1) is 5.41 Å². The zero-order valence-corrected chi connectivity index (χ0v) is 15.0. The molecular weight excluding hydrogens is 290 g/mol. The number of carbonyl (C=O) groups excluding carboxylic acids is 1. The summed E-state index contributed by atoms with van der Waals surface area (Å²) < 4.78 is 0. The Bertz CT molecular complexity index is 497. The molecule has 23 heavy (non-hydrogen) atoms. The number of carbonyl (C=O) groups is 1. The predicted octanol–water partition coefficient (Wildman–Crippen LogP) is 2.34.